The van der Waals surface area contributed by atoms with Crippen molar-refractivity contribution in [1.29, 1.82) is 0 Å². The molecule has 24 heavy (non-hydrogen) atoms. The normalized spacial score (nSPS) is 11.4. The molecule has 126 valence electrons. The van der Waals surface area contributed by atoms with Gasteiger partial charge in [-0.3, -0.25) is 14.8 Å². The SMILES string of the molecule is CCNC(=O)c1ccc(N/N=C/c2ccccc2S(=O)(=O)O)nc1. The van der Waals surface area contributed by atoms with Crippen LogP contribution < -0.4 is 10.7 Å². The summed E-state index contributed by atoms with van der Waals surface area (Å²) in [6.07, 6.45) is 2.65. The Kier molecular flexibility index (Phi) is 5.61. The van der Waals surface area contributed by atoms with E-state index >= 15 is 0 Å². The Bertz CT molecular complexity index is 848. The first-order valence-corrected chi connectivity index (χ1v) is 8.45. The van der Waals surface area contributed by atoms with E-state index in [1.54, 1.807) is 18.2 Å². The molecule has 1 aromatic heterocycles. The molecule has 1 aromatic carbocycles. The van der Waals surface area contributed by atoms with Gasteiger partial charge >= 0.3 is 0 Å². The van der Waals surface area contributed by atoms with Crippen molar-refractivity contribution >= 4 is 28.1 Å². The fourth-order valence-electron chi connectivity index (χ4n) is 1.85. The molecule has 0 saturated carbocycles. The van der Waals surface area contributed by atoms with E-state index < -0.39 is 10.1 Å². The zero-order valence-electron chi connectivity index (χ0n) is 12.8. The Hall–Kier alpha value is -2.78. The van der Waals surface area contributed by atoms with E-state index in [9.17, 15) is 13.2 Å². The highest BCUT2D eigenvalue weighted by Crippen LogP contribution is 2.13. The lowest BCUT2D eigenvalue weighted by Gasteiger charge is -2.04. The summed E-state index contributed by atoms with van der Waals surface area (Å²) in [7, 11) is -4.33. The van der Waals surface area contributed by atoms with Crippen LogP contribution in [0.4, 0.5) is 5.82 Å². The van der Waals surface area contributed by atoms with Gasteiger partial charge in [-0.1, -0.05) is 18.2 Å². The molecule has 2 aromatic rings. The molecule has 0 spiro atoms. The highest BCUT2D eigenvalue weighted by molar-refractivity contribution is 7.86. The number of nitrogens with one attached hydrogen (secondary N) is 2. The molecule has 0 aliphatic rings. The molecule has 9 heteroatoms. The maximum atomic E-state index is 11.6. The minimum atomic E-state index is -4.33. The summed E-state index contributed by atoms with van der Waals surface area (Å²) in [5.74, 6) is 0.158. The summed E-state index contributed by atoms with van der Waals surface area (Å²) in [4.78, 5) is 15.4. The van der Waals surface area contributed by atoms with Gasteiger partial charge in [-0.25, -0.2) is 4.98 Å². The third kappa shape index (κ3) is 4.61. The average Bonchev–Trinajstić information content (AvgIpc) is 2.55. The van der Waals surface area contributed by atoms with Crippen molar-refractivity contribution in [2.75, 3.05) is 12.0 Å². The quantitative estimate of drug-likeness (QED) is 0.413. The van der Waals surface area contributed by atoms with Crippen molar-refractivity contribution in [3.8, 4) is 0 Å². The average molecular weight is 348 g/mol. The van der Waals surface area contributed by atoms with E-state index in [1.807, 2.05) is 6.92 Å². The lowest BCUT2D eigenvalue weighted by atomic mass is 10.2. The summed E-state index contributed by atoms with van der Waals surface area (Å²) in [5, 5.41) is 6.54. The van der Waals surface area contributed by atoms with Crippen LogP contribution in [0.25, 0.3) is 0 Å². The second-order valence-corrected chi connectivity index (χ2v) is 6.06. The van der Waals surface area contributed by atoms with Gasteiger partial charge in [0.2, 0.25) is 0 Å². The molecule has 8 nitrogen and oxygen atoms in total. The summed E-state index contributed by atoms with van der Waals surface area (Å²) in [6, 6.07) is 9.04. The van der Waals surface area contributed by atoms with Gasteiger partial charge in [0.15, 0.2) is 0 Å². The predicted molar refractivity (Wildman–Crippen MR) is 89.7 cm³/mol. The number of amides is 1. The molecule has 1 heterocycles. The van der Waals surface area contributed by atoms with Gasteiger partial charge < -0.3 is 5.32 Å². The third-order valence-corrected chi connectivity index (χ3v) is 3.87. The number of carbonyl (C=O) groups excluding carboxylic acids is 1. The first kappa shape index (κ1) is 17.6. The van der Waals surface area contributed by atoms with Crippen LogP contribution in [0.1, 0.15) is 22.8 Å². The number of anilines is 1. The van der Waals surface area contributed by atoms with E-state index in [4.69, 9.17) is 4.55 Å². The third-order valence-electron chi connectivity index (χ3n) is 2.94. The highest BCUT2D eigenvalue weighted by atomic mass is 32.2. The monoisotopic (exact) mass is 348 g/mol. The fourth-order valence-corrected chi connectivity index (χ4v) is 2.52. The summed E-state index contributed by atoms with van der Waals surface area (Å²) >= 11 is 0. The topological polar surface area (TPSA) is 121 Å². The molecule has 3 N–H and O–H groups in total. The second kappa shape index (κ2) is 7.66. The van der Waals surface area contributed by atoms with E-state index in [-0.39, 0.29) is 16.4 Å². The van der Waals surface area contributed by atoms with Crippen LogP contribution >= 0.6 is 0 Å². The van der Waals surface area contributed by atoms with Crippen LogP contribution in [0.5, 0.6) is 0 Å². The number of hydrogen-bond acceptors (Lipinski definition) is 6. The molecular weight excluding hydrogens is 332 g/mol. The number of aromatic nitrogens is 1. The van der Waals surface area contributed by atoms with Crippen LogP contribution in [0.15, 0.2) is 52.6 Å². The van der Waals surface area contributed by atoms with Gasteiger partial charge in [-0.05, 0) is 25.1 Å². The van der Waals surface area contributed by atoms with Gasteiger partial charge in [-0.15, -0.1) is 0 Å². The minimum absolute atomic E-state index is 0.220. The number of nitrogens with zero attached hydrogens (tertiary/aromatic N) is 2. The zero-order valence-corrected chi connectivity index (χ0v) is 13.6. The summed E-state index contributed by atoms with van der Waals surface area (Å²) < 4.78 is 31.7. The molecule has 0 aliphatic carbocycles. The molecule has 0 fully saturated rings. The van der Waals surface area contributed by atoms with Crippen molar-refractivity contribution in [1.82, 2.24) is 10.3 Å². The Morgan fingerprint density at radius 2 is 2.04 bits per heavy atom. The highest BCUT2D eigenvalue weighted by Gasteiger charge is 2.13. The van der Waals surface area contributed by atoms with Gasteiger partial charge in [0, 0.05) is 18.3 Å². The van der Waals surface area contributed by atoms with Crippen molar-refractivity contribution < 1.29 is 17.8 Å². The molecule has 0 radical (unpaired) electrons. The molecule has 0 saturated heterocycles. The summed E-state index contributed by atoms with van der Waals surface area (Å²) in [5.41, 5.74) is 3.27. The van der Waals surface area contributed by atoms with Crippen LogP contribution in [0.2, 0.25) is 0 Å². The molecule has 0 atom stereocenters. The standard InChI is InChI=1S/C15H16N4O4S/c1-2-16-15(20)12-7-8-14(17-9-12)19-18-10-11-5-3-4-6-13(11)24(21,22)23/h3-10H,2H2,1H3,(H,16,20)(H,17,19)(H,21,22,23)/b18-10+. The zero-order chi connectivity index (χ0) is 17.6. The van der Waals surface area contributed by atoms with Crippen molar-refractivity contribution in [3.63, 3.8) is 0 Å². The number of hydrogen-bond donors (Lipinski definition) is 3. The number of rotatable bonds is 6. The molecule has 0 unspecified atom stereocenters. The minimum Gasteiger partial charge on any atom is -0.352 e. The lowest BCUT2D eigenvalue weighted by molar-refractivity contribution is 0.0955. The molecular formula is C15H16N4O4S. The Labute approximate surface area is 139 Å². The van der Waals surface area contributed by atoms with E-state index in [2.05, 4.69) is 20.8 Å². The largest absolute Gasteiger partial charge is 0.352 e. The number of carbonyl (C=O) groups is 1. The van der Waals surface area contributed by atoms with Gasteiger partial charge in [-0.2, -0.15) is 13.5 Å². The van der Waals surface area contributed by atoms with E-state index in [0.29, 0.717) is 17.9 Å². The Balaban J connectivity index is 2.09. The molecule has 2 rings (SSSR count). The summed E-state index contributed by atoms with van der Waals surface area (Å²) in [6.45, 7) is 2.34. The number of benzene rings is 1. The van der Waals surface area contributed by atoms with E-state index in [0.717, 1.165) is 0 Å². The molecule has 1 amide bonds. The number of hydrazone groups is 1. The first-order chi connectivity index (χ1) is 11.4. The maximum absolute atomic E-state index is 11.6. The van der Waals surface area contributed by atoms with Gasteiger partial charge in [0.05, 0.1) is 11.8 Å². The lowest BCUT2D eigenvalue weighted by Crippen LogP contribution is -2.22. The van der Waals surface area contributed by atoms with Gasteiger partial charge in [0.25, 0.3) is 16.0 Å². The predicted octanol–water partition coefficient (Wildman–Crippen LogP) is 1.52. The maximum Gasteiger partial charge on any atom is 0.295 e. The molecule has 0 bridgehead atoms. The van der Waals surface area contributed by atoms with Crippen molar-refractivity contribution in [3.05, 3.63) is 53.7 Å². The smallest absolute Gasteiger partial charge is 0.295 e. The van der Waals surface area contributed by atoms with Crippen LogP contribution in [-0.4, -0.2) is 36.6 Å². The van der Waals surface area contributed by atoms with Crippen LogP contribution in [0.3, 0.4) is 0 Å². The van der Waals surface area contributed by atoms with Crippen molar-refractivity contribution in [2.45, 2.75) is 11.8 Å². The van der Waals surface area contributed by atoms with E-state index in [1.165, 1.54) is 30.6 Å². The Morgan fingerprint density at radius 1 is 1.29 bits per heavy atom. The fraction of sp³-hybridized carbons (Fsp3) is 0.133. The van der Waals surface area contributed by atoms with Crippen LogP contribution in [0, 0.1) is 0 Å². The Morgan fingerprint density at radius 3 is 2.67 bits per heavy atom. The van der Waals surface area contributed by atoms with Gasteiger partial charge in [0.1, 0.15) is 10.7 Å². The first-order valence-electron chi connectivity index (χ1n) is 7.01. The van der Waals surface area contributed by atoms with Crippen molar-refractivity contribution in [2.24, 2.45) is 5.10 Å². The molecule has 0 aliphatic heterocycles. The second-order valence-electron chi connectivity index (χ2n) is 4.67. The number of pyridine rings is 1. The van der Waals surface area contributed by atoms with Crippen LogP contribution in [-0.2, 0) is 10.1 Å².